The summed E-state index contributed by atoms with van der Waals surface area (Å²) >= 11 is 0. The van der Waals surface area contributed by atoms with Gasteiger partial charge in [-0.1, -0.05) is 162 Å². The highest BCUT2D eigenvalue weighted by Gasteiger charge is 2.38. The van der Waals surface area contributed by atoms with Gasteiger partial charge in [-0.05, 0) is 110 Å². The molecule has 1 heteroatoms. The summed E-state index contributed by atoms with van der Waals surface area (Å²) < 4.78 is 0. The van der Waals surface area contributed by atoms with Gasteiger partial charge >= 0.3 is 0 Å². The van der Waals surface area contributed by atoms with Crippen molar-refractivity contribution in [1.29, 1.82) is 0 Å². The molecular weight excluding hydrogens is 627 g/mol. The number of hydrogen-bond acceptors (Lipinski definition) is 1. The maximum Gasteiger partial charge on any atom is 0.0322 e. The molecule has 2 aliphatic carbocycles. The van der Waals surface area contributed by atoms with Crippen LogP contribution in [-0.2, 0) is 0 Å². The SMILES string of the molecule is C=Cc1cccc(/C=C\C2=C\C(C)CN(C3C=CC4=C(C3)C(C)(C)[C@@H](C)CC(C/C=C\C(C=C)C(C=C)/C=C\C)/C=C\C4)C(C)C(C)C(C)=C2)c1C. The minimum absolute atomic E-state index is 0.116. The lowest BCUT2D eigenvalue weighted by atomic mass is 9.66. The molecule has 0 saturated carbocycles. The van der Waals surface area contributed by atoms with Gasteiger partial charge in [-0.3, -0.25) is 4.90 Å². The third kappa shape index (κ3) is 10.0. The van der Waals surface area contributed by atoms with E-state index >= 15 is 0 Å². The lowest BCUT2D eigenvalue weighted by Crippen LogP contribution is -2.47. The molecule has 1 aromatic rings. The van der Waals surface area contributed by atoms with Crippen LogP contribution in [-0.4, -0.2) is 23.5 Å². The lowest BCUT2D eigenvalue weighted by Gasteiger charge is -2.44. The Bertz CT molecular complexity index is 1660. The van der Waals surface area contributed by atoms with Crippen LogP contribution in [0.25, 0.3) is 12.2 Å². The second-order valence-corrected chi connectivity index (χ2v) is 16.6. The summed E-state index contributed by atoms with van der Waals surface area (Å²) in [7, 11) is 0. The summed E-state index contributed by atoms with van der Waals surface area (Å²) in [6, 6.07) is 7.29. The molecule has 278 valence electrons. The fraction of sp³-hybridized carbons (Fsp3) is 0.451. The van der Waals surface area contributed by atoms with Crippen LogP contribution in [0.3, 0.4) is 0 Å². The van der Waals surface area contributed by atoms with E-state index in [2.05, 4.69) is 184 Å². The van der Waals surface area contributed by atoms with Gasteiger partial charge in [0, 0.05) is 30.5 Å². The Kier molecular flexibility index (Phi) is 14.9. The Hall–Kier alpha value is -3.68. The number of rotatable bonds is 11. The molecule has 0 aromatic heterocycles. The first-order valence-corrected chi connectivity index (χ1v) is 20.0. The standard InChI is InChI=1S/C51H69N/c1-13-20-45(15-3)46(16-4)24-17-21-42-22-18-26-48-29-30-49(34-50(48)51(11,12)38(7)33-42)52-35-36(5)31-43(32-37(6)39(8)41(52)10)27-28-47-25-19-23-44(14-2)40(47)9/h13-20,22-25,27-32,36,38-39,41-42,45-46,49H,2-4,21,26,33-35H2,1,5-12H3/b20-13-,22-18-,24-17-,28-27-,37-32?,43-31-/t36?,38-,39?,41?,42?,45?,46?,49?/m0/s1. The van der Waals surface area contributed by atoms with Gasteiger partial charge in [0.05, 0.1) is 0 Å². The third-order valence-electron chi connectivity index (χ3n) is 12.8. The van der Waals surface area contributed by atoms with E-state index in [1.807, 2.05) is 12.2 Å². The Morgan fingerprint density at radius 2 is 1.65 bits per heavy atom. The van der Waals surface area contributed by atoms with Gasteiger partial charge in [0.2, 0.25) is 0 Å². The number of allylic oxidation sites excluding steroid dienone is 13. The molecule has 0 amide bonds. The van der Waals surface area contributed by atoms with Gasteiger partial charge in [-0.15, -0.1) is 13.2 Å². The highest BCUT2D eigenvalue weighted by Crippen LogP contribution is 2.47. The summed E-state index contributed by atoms with van der Waals surface area (Å²) in [6.07, 6.45) is 39.0. The quantitative estimate of drug-likeness (QED) is 0.208. The predicted octanol–water partition coefficient (Wildman–Crippen LogP) is 13.9. The zero-order valence-corrected chi connectivity index (χ0v) is 34.1. The van der Waals surface area contributed by atoms with Crippen molar-refractivity contribution in [3.63, 3.8) is 0 Å². The van der Waals surface area contributed by atoms with E-state index < -0.39 is 0 Å². The molecule has 1 aromatic carbocycles. The number of nitrogens with zero attached hydrogens (tertiary/aromatic N) is 1. The highest BCUT2D eigenvalue weighted by molar-refractivity contribution is 5.64. The predicted molar refractivity (Wildman–Crippen MR) is 232 cm³/mol. The smallest absolute Gasteiger partial charge is 0.0322 e. The van der Waals surface area contributed by atoms with E-state index in [-0.39, 0.29) is 11.3 Å². The maximum atomic E-state index is 4.12. The van der Waals surface area contributed by atoms with Crippen LogP contribution >= 0.6 is 0 Å². The molecule has 0 saturated heterocycles. The Balaban J connectivity index is 1.53. The second-order valence-electron chi connectivity index (χ2n) is 16.6. The van der Waals surface area contributed by atoms with Crippen molar-refractivity contribution < 1.29 is 0 Å². The highest BCUT2D eigenvalue weighted by atomic mass is 15.2. The average molecular weight is 696 g/mol. The fourth-order valence-electron chi connectivity index (χ4n) is 8.67. The summed E-state index contributed by atoms with van der Waals surface area (Å²) in [5.41, 5.74) is 9.79. The van der Waals surface area contributed by atoms with Crippen molar-refractivity contribution in [3.05, 3.63) is 156 Å². The van der Waals surface area contributed by atoms with Crippen LogP contribution in [0, 0.1) is 47.8 Å². The van der Waals surface area contributed by atoms with Crippen LogP contribution in [0.2, 0.25) is 0 Å². The molecule has 0 spiro atoms. The zero-order valence-electron chi connectivity index (χ0n) is 34.1. The third-order valence-corrected chi connectivity index (χ3v) is 12.8. The molecule has 8 atom stereocenters. The first-order chi connectivity index (χ1) is 24.8. The molecular formula is C51H69N. The first-order valence-electron chi connectivity index (χ1n) is 20.0. The summed E-state index contributed by atoms with van der Waals surface area (Å²) in [5.74, 6) is 2.53. The van der Waals surface area contributed by atoms with Crippen LogP contribution in [0.1, 0.15) is 97.8 Å². The average Bonchev–Trinajstić information content (AvgIpc) is 3.19. The molecule has 52 heavy (non-hydrogen) atoms. The normalized spacial score (nSPS) is 30.2. The van der Waals surface area contributed by atoms with Crippen LogP contribution in [0.15, 0.2) is 139 Å². The van der Waals surface area contributed by atoms with E-state index in [0.717, 1.165) is 25.8 Å². The molecule has 4 rings (SSSR count). The molecule has 0 bridgehead atoms. The molecule has 0 radical (unpaired) electrons. The van der Waals surface area contributed by atoms with Crippen molar-refractivity contribution in [3.8, 4) is 0 Å². The minimum atomic E-state index is 0.116. The maximum absolute atomic E-state index is 4.12. The molecule has 0 N–H and O–H groups in total. The summed E-state index contributed by atoms with van der Waals surface area (Å²) in [5, 5.41) is 0. The van der Waals surface area contributed by atoms with Gasteiger partial charge in [-0.2, -0.15) is 0 Å². The Labute approximate surface area is 319 Å². The second kappa shape index (κ2) is 18.9. The lowest BCUT2D eigenvalue weighted by molar-refractivity contribution is 0.121. The number of benzene rings is 1. The molecule has 0 fully saturated rings. The van der Waals surface area contributed by atoms with Crippen molar-refractivity contribution >= 4 is 12.2 Å². The van der Waals surface area contributed by atoms with Crippen molar-refractivity contribution in [2.75, 3.05) is 6.54 Å². The molecule has 1 nitrogen and oxygen atoms in total. The monoisotopic (exact) mass is 696 g/mol. The van der Waals surface area contributed by atoms with Gasteiger partial charge in [-0.25, -0.2) is 0 Å². The van der Waals surface area contributed by atoms with Crippen LogP contribution < -0.4 is 0 Å². The summed E-state index contributed by atoms with van der Waals surface area (Å²) in [6.45, 7) is 34.7. The van der Waals surface area contributed by atoms with Gasteiger partial charge in [0.1, 0.15) is 0 Å². The van der Waals surface area contributed by atoms with E-state index in [0.29, 0.717) is 41.7 Å². The minimum Gasteiger partial charge on any atom is -0.293 e. The number of hydrogen-bond donors (Lipinski definition) is 0. The fourth-order valence-corrected chi connectivity index (χ4v) is 8.67. The van der Waals surface area contributed by atoms with E-state index in [1.165, 1.54) is 39.8 Å². The van der Waals surface area contributed by atoms with Crippen molar-refractivity contribution in [2.24, 2.45) is 40.9 Å². The molecule has 1 aliphatic heterocycles. The molecule has 1 heterocycles. The van der Waals surface area contributed by atoms with Crippen molar-refractivity contribution in [1.82, 2.24) is 4.90 Å². The van der Waals surface area contributed by atoms with E-state index in [1.54, 1.807) is 5.57 Å². The molecule has 7 unspecified atom stereocenters. The largest absolute Gasteiger partial charge is 0.293 e. The summed E-state index contributed by atoms with van der Waals surface area (Å²) in [4.78, 5) is 2.82. The van der Waals surface area contributed by atoms with Gasteiger partial charge in [0.15, 0.2) is 0 Å². The molecule has 3 aliphatic rings. The van der Waals surface area contributed by atoms with Crippen LogP contribution in [0.4, 0.5) is 0 Å². The topological polar surface area (TPSA) is 3.24 Å². The Morgan fingerprint density at radius 1 is 0.942 bits per heavy atom. The van der Waals surface area contributed by atoms with Gasteiger partial charge < -0.3 is 0 Å². The zero-order chi connectivity index (χ0) is 38.0. The van der Waals surface area contributed by atoms with Crippen LogP contribution in [0.5, 0.6) is 0 Å². The first kappa shape index (κ1) is 41.1. The Morgan fingerprint density at radius 3 is 2.35 bits per heavy atom. The van der Waals surface area contributed by atoms with E-state index in [9.17, 15) is 0 Å². The van der Waals surface area contributed by atoms with Crippen molar-refractivity contribution in [2.45, 2.75) is 100 Å². The van der Waals surface area contributed by atoms with E-state index in [4.69, 9.17) is 0 Å². The van der Waals surface area contributed by atoms with Gasteiger partial charge in [0.25, 0.3) is 0 Å².